The van der Waals surface area contributed by atoms with Gasteiger partial charge in [-0.3, -0.25) is 4.79 Å². The maximum Gasteiger partial charge on any atom is 0.224 e. The van der Waals surface area contributed by atoms with Crippen molar-refractivity contribution in [3.8, 4) is 0 Å². The molecule has 1 atom stereocenters. The van der Waals surface area contributed by atoms with Gasteiger partial charge in [-0.25, -0.2) is 0 Å². The normalized spacial score (nSPS) is 14.7. The molecule has 0 radical (unpaired) electrons. The third kappa shape index (κ3) is 3.19. The quantitative estimate of drug-likeness (QED) is 0.634. The smallest absolute Gasteiger partial charge is 0.224 e. The number of primary amides is 1. The molecule has 0 aromatic carbocycles. The summed E-state index contributed by atoms with van der Waals surface area (Å²) in [5, 5.41) is 0. The van der Waals surface area contributed by atoms with E-state index in [1.54, 1.807) is 19.1 Å². The van der Waals surface area contributed by atoms with Crippen LogP contribution in [0.3, 0.4) is 0 Å². The van der Waals surface area contributed by atoms with Crippen LogP contribution in [0, 0.1) is 5.92 Å². The molecule has 66 valence electrons. The second kappa shape index (κ2) is 5.35. The molecule has 12 heavy (non-hydrogen) atoms. The highest BCUT2D eigenvalue weighted by molar-refractivity contribution is 5.80. The molecule has 0 heterocycles. The Morgan fingerprint density at radius 2 is 2.17 bits per heavy atom. The number of rotatable bonds is 4. The van der Waals surface area contributed by atoms with Crippen LogP contribution in [0.25, 0.3) is 0 Å². The lowest BCUT2D eigenvalue weighted by molar-refractivity contribution is -0.120. The van der Waals surface area contributed by atoms with Crippen LogP contribution in [0.2, 0.25) is 0 Å². The van der Waals surface area contributed by atoms with Crippen molar-refractivity contribution >= 4 is 5.91 Å². The topological polar surface area (TPSA) is 43.1 Å². The molecule has 2 nitrogen and oxygen atoms in total. The summed E-state index contributed by atoms with van der Waals surface area (Å²) in [7, 11) is 0. The monoisotopic (exact) mass is 165 g/mol. The molecule has 0 aromatic heterocycles. The Morgan fingerprint density at radius 3 is 2.50 bits per heavy atom. The van der Waals surface area contributed by atoms with Gasteiger partial charge in [-0.2, -0.15) is 0 Å². The third-order valence-corrected chi connectivity index (χ3v) is 1.60. The molecule has 0 unspecified atom stereocenters. The first-order valence-corrected chi connectivity index (χ1v) is 3.88. The Bertz CT molecular complexity index is 226. The second-order valence-electron chi connectivity index (χ2n) is 2.53. The first kappa shape index (κ1) is 10.7. The zero-order valence-corrected chi connectivity index (χ0v) is 7.58. The van der Waals surface area contributed by atoms with E-state index in [9.17, 15) is 4.79 Å². The fourth-order valence-electron chi connectivity index (χ4n) is 0.837. The van der Waals surface area contributed by atoms with Gasteiger partial charge in [0.15, 0.2) is 0 Å². The minimum atomic E-state index is -0.318. The van der Waals surface area contributed by atoms with Crippen LogP contribution in [0.4, 0.5) is 0 Å². The van der Waals surface area contributed by atoms with Crippen molar-refractivity contribution in [2.75, 3.05) is 0 Å². The standard InChI is InChI=1S/C10H15NO/c1-4-6-9(7-5-2)8(3)10(11)12/h4-8H,1H2,2-3H3,(H2,11,12)/b7-5-,9-6+/t8-/m0/s1. The number of carbonyl (C=O) groups is 1. The van der Waals surface area contributed by atoms with E-state index < -0.39 is 0 Å². The summed E-state index contributed by atoms with van der Waals surface area (Å²) in [4.78, 5) is 10.8. The van der Waals surface area contributed by atoms with E-state index >= 15 is 0 Å². The van der Waals surface area contributed by atoms with E-state index in [-0.39, 0.29) is 11.8 Å². The molecule has 0 saturated heterocycles. The first-order valence-electron chi connectivity index (χ1n) is 3.88. The lowest BCUT2D eigenvalue weighted by Gasteiger charge is -2.06. The van der Waals surface area contributed by atoms with E-state index in [4.69, 9.17) is 5.73 Å². The molecule has 0 aliphatic carbocycles. The fourth-order valence-corrected chi connectivity index (χ4v) is 0.837. The number of nitrogens with two attached hydrogens (primary N) is 1. The van der Waals surface area contributed by atoms with Gasteiger partial charge in [0.25, 0.3) is 0 Å². The zero-order valence-electron chi connectivity index (χ0n) is 7.58. The summed E-state index contributed by atoms with van der Waals surface area (Å²) >= 11 is 0. The van der Waals surface area contributed by atoms with Crippen molar-refractivity contribution in [1.29, 1.82) is 0 Å². The van der Waals surface area contributed by atoms with E-state index in [2.05, 4.69) is 6.58 Å². The van der Waals surface area contributed by atoms with Crippen molar-refractivity contribution in [3.05, 3.63) is 36.5 Å². The van der Waals surface area contributed by atoms with Crippen molar-refractivity contribution < 1.29 is 4.79 Å². The second-order valence-corrected chi connectivity index (χ2v) is 2.53. The largest absolute Gasteiger partial charge is 0.369 e. The molecule has 2 N–H and O–H groups in total. The van der Waals surface area contributed by atoms with Crippen molar-refractivity contribution in [2.24, 2.45) is 11.7 Å². The van der Waals surface area contributed by atoms with Gasteiger partial charge in [0.2, 0.25) is 5.91 Å². The van der Waals surface area contributed by atoms with Gasteiger partial charge in [-0.15, -0.1) is 0 Å². The summed E-state index contributed by atoms with van der Waals surface area (Å²) in [5.41, 5.74) is 6.04. The summed E-state index contributed by atoms with van der Waals surface area (Å²) in [6.45, 7) is 7.23. The van der Waals surface area contributed by atoms with Gasteiger partial charge in [-0.05, 0) is 19.4 Å². The molecule has 0 spiro atoms. The number of hydrogen-bond acceptors (Lipinski definition) is 1. The van der Waals surface area contributed by atoms with E-state index in [1.807, 2.05) is 19.1 Å². The Morgan fingerprint density at radius 1 is 1.58 bits per heavy atom. The molecule has 0 aliphatic heterocycles. The highest BCUT2D eigenvalue weighted by atomic mass is 16.1. The number of allylic oxidation sites excluding steroid dienone is 4. The molecule has 2 heteroatoms. The summed E-state index contributed by atoms with van der Waals surface area (Å²) in [6, 6.07) is 0. The van der Waals surface area contributed by atoms with Gasteiger partial charge in [-0.1, -0.05) is 30.9 Å². The van der Waals surface area contributed by atoms with Crippen molar-refractivity contribution in [3.63, 3.8) is 0 Å². The number of amides is 1. The molecular weight excluding hydrogens is 150 g/mol. The SMILES string of the molecule is C=C/C=C(\C=C/C)[C@H](C)C(N)=O. The van der Waals surface area contributed by atoms with Gasteiger partial charge < -0.3 is 5.73 Å². The fraction of sp³-hybridized carbons (Fsp3) is 0.300. The Labute approximate surface area is 73.5 Å². The van der Waals surface area contributed by atoms with Crippen LogP contribution in [0.15, 0.2) is 36.5 Å². The van der Waals surface area contributed by atoms with Gasteiger partial charge in [0, 0.05) is 0 Å². The van der Waals surface area contributed by atoms with Crippen LogP contribution in [0.5, 0.6) is 0 Å². The average molecular weight is 165 g/mol. The zero-order chi connectivity index (χ0) is 9.56. The molecule has 0 fully saturated rings. The summed E-state index contributed by atoms with van der Waals surface area (Å²) in [5.74, 6) is -0.569. The van der Waals surface area contributed by atoms with Crippen LogP contribution in [-0.4, -0.2) is 5.91 Å². The lowest BCUT2D eigenvalue weighted by atomic mass is 10.00. The highest BCUT2D eigenvalue weighted by Crippen LogP contribution is 2.11. The van der Waals surface area contributed by atoms with Gasteiger partial charge >= 0.3 is 0 Å². The lowest BCUT2D eigenvalue weighted by Crippen LogP contribution is -2.21. The van der Waals surface area contributed by atoms with Gasteiger partial charge in [0.05, 0.1) is 5.92 Å². The van der Waals surface area contributed by atoms with Crippen molar-refractivity contribution in [1.82, 2.24) is 0 Å². The molecule has 0 aliphatic rings. The predicted octanol–water partition coefficient (Wildman–Crippen LogP) is 1.80. The molecule has 0 bridgehead atoms. The molecule has 0 saturated carbocycles. The Kier molecular flexibility index (Phi) is 4.77. The van der Waals surface area contributed by atoms with Crippen LogP contribution in [0.1, 0.15) is 13.8 Å². The van der Waals surface area contributed by atoms with Gasteiger partial charge in [0.1, 0.15) is 0 Å². The predicted molar refractivity (Wildman–Crippen MR) is 51.5 cm³/mol. The molecule has 1 amide bonds. The maximum atomic E-state index is 10.8. The van der Waals surface area contributed by atoms with E-state index in [1.165, 1.54) is 0 Å². The third-order valence-electron chi connectivity index (χ3n) is 1.60. The van der Waals surface area contributed by atoms with E-state index in [0.717, 1.165) is 5.57 Å². The first-order chi connectivity index (χ1) is 5.63. The van der Waals surface area contributed by atoms with Crippen LogP contribution in [-0.2, 0) is 4.79 Å². The van der Waals surface area contributed by atoms with Crippen LogP contribution < -0.4 is 5.73 Å². The number of hydrogen-bond donors (Lipinski definition) is 1. The van der Waals surface area contributed by atoms with Crippen molar-refractivity contribution in [2.45, 2.75) is 13.8 Å². The maximum absolute atomic E-state index is 10.8. The highest BCUT2D eigenvalue weighted by Gasteiger charge is 2.10. The molecular formula is C10H15NO. The number of carbonyl (C=O) groups excluding carboxylic acids is 1. The summed E-state index contributed by atoms with van der Waals surface area (Å²) < 4.78 is 0. The Hall–Kier alpha value is -1.31. The van der Waals surface area contributed by atoms with Crippen LogP contribution >= 0.6 is 0 Å². The Balaban J connectivity index is 4.62. The molecule has 0 aromatic rings. The minimum Gasteiger partial charge on any atom is -0.369 e. The van der Waals surface area contributed by atoms with E-state index in [0.29, 0.717) is 0 Å². The minimum absolute atomic E-state index is 0.251. The summed E-state index contributed by atoms with van der Waals surface area (Å²) in [6.07, 6.45) is 7.16. The molecule has 0 rings (SSSR count). The average Bonchev–Trinajstić information content (AvgIpc) is 2.03.